The van der Waals surface area contributed by atoms with Gasteiger partial charge >= 0.3 is 0 Å². The minimum Gasteiger partial charge on any atom is -0.389 e. The molecule has 142 valence electrons. The number of aliphatic hydroxyl groups excluding tert-OH is 1. The number of aryl methyl sites for hydroxylation is 1. The van der Waals surface area contributed by atoms with E-state index < -0.39 is 6.10 Å². The summed E-state index contributed by atoms with van der Waals surface area (Å²) < 4.78 is 8.02. The first-order valence-corrected chi connectivity index (χ1v) is 10.7. The van der Waals surface area contributed by atoms with E-state index in [0.29, 0.717) is 25.8 Å². The lowest BCUT2D eigenvalue weighted by Gasteiger charge is -2.26. The van der Waals surface area contributed by atoms with Crippen LogP contribution < -0.4 is 0 Å². The average Bonchev–Trinajstić information content (AvgIpc) is 3.37. The molecule has 2 atom stereocenters. The van der Waals surface area contributed by atoms with Gasteiger partial charge in [-0.3, -0.25) is 4.90 Å². The lowest BCUT2D eigenvalue weighted by molar-refractivity contribution is 0.00781. The number of imidazole rings is 1. The van der Waals surface area contributed by atoms with Gasteiger partial charge in [-0.05, 0) is 56.5 Å². The van der Waals surface area contributed by atoms with Crippen LogP contribution in [0.3, 0.4) is 0 Å². The highest BCUT2D eigenvalue weighted by molar-refractivity contribution is 7.09. The number of nitrogens with zero attached hydrogens (tertiary/aromatic N) is 3. The Bertz CT molecular complexity index is 713. The van der Waals surface area contributed by atoms with Crippen LogP contribution in [0.5, 0.6) is 0 Å². The van der Waals surface area contributed by atoms with Crippen molar-refractivity contribution in [2.45, 2.75) is 57.3 Å². The van der Waals surface area contributed by atoms with Crippen LogP contribution >= 0.6 is 11.3 Å². The van der Waals surface area contributed by atoms with Gasteiger partial charge in [0.15, 0.2) is 0 Å². The lowest BCUT2D eigenvalue weighted by atomic mass is 10.0. The summed E-state index contributed by atoms with van der Waals surface area (Å²) in [6, 6.07) is 4.43. The zero-order valence-corrected chi connectivity index (χ0v) is 16.4. The number of thiophene rings is 1. The molecule has 0 amide bonds. The van der Waals surface area contributed by atoms with E-state index >= 15 is 0 Å². The van der Waals surface area contributed by atoms with Crippen molar-refractivity contribution in [3.63, 3.8) is 0 Å². The molecule has 3 heterocycles. The number of rotatable bonds is 7. The number of hydrogen-bond donors (Lipinski definition) is 1. The quantitative estimate of drug-likeness (QED) is 0.808. The van der Waals surface area contributed by atoms with E-state index in [9.17, 15) is 5.11 Å². The maximum atomic E-state index is 10.4. The van der Waals surface area contributed by atoms with Crippen LogP contribution in [-0.4, -0.2) is 45.4 Å². The molecule has 1 N–H and O–H groups in total. The van der Waals surface area contributed by atoms with Crippen LogP contribution in [0.4, 0.5) is 0 Å². The van der Waals surface area contributed by atoms with Crippen LogP contribution in [0.2, 0.25) is 0 Å². The molecule has 0 aromatic carbocycles. The van der Waals surface area contributed by atoms with Crippen molar-refractivity contribution in [3.8, 4) is 0 Å². The third-order valence-electron chi connectivity index (χ3n) is 5.65. The van der Waals surface area contributed by atoms with Crippen LogP contribution in [0.15, 0.2) is 17.5 Å². The van der Waals surface area contributed by atoms with Gasteiger partial charge in [0.2, 0.25) is 0 Å². The number of aromatic nitrogens is 2. The molecule has 5 nitrogen and oxygen atoms in total. The second-order valence-corrected chi connectivity index (χ2v) is 8.56. The first kappa shape index (κ1) is 18.2. The lowest BCUT2D eigenvalue weighted by Crippen LogP contribution is -2.35. The molecule has 0 radical (unpaired) electrons. The van der Waals surface area contributed by atoms with E-state index in [4.69, 9.17) is 9.72 Å². The highest BCUT2D eigenvalue weighted by Gasteiger charge is 2.32. The molecule has 0 spiro atoms. The van der Waals surface area contributed by atoms with Gasteiger partial charge in [0.1, 0.15) is 5.82 Å². The summed E-state index contributed by atoms with van der Waals surface area (Å²) in [5, 5.41) is 12.5. The molecule has 1 fully saturated rings. The zero-order valence-electron chi connectivity index (χ0n) is 15.6. The predicted molar refractivity (Wildman–Crippen MR) is 103 cm³/mol. The van der Waals surface area contributed by atoms with Crippen LogP contribution in [0, 0.1) is 0 Å². The summed E-state index contributed by atoms with van der Waals surface area (Å²) in [4.78, 5) is 8.59. The molecule has 0 saturated carbocycles. The van der Waals surface area contributed by atoms with E-state index in [0.717, 1.165) is 25.8 Å². The number of hydrogen-bond acceptors (Lipinski definition) is 5. The average molecular weight is 376 g/mol. The van der Waals surface area contributed by atoms with Gasteiger partial charge in [-0.25, -0.2) is 4.98 Å². The Morgan fingerprint density at radius 3 is 3.04 bits per heavy atom. The summed E-state index contributed by atoms with van der Waals surface area (Å²) in [6.07, 6.45) is 6.67. The summed E-state index contributed by atoms with van der Waals surface area (Å²) in [5.41, 5.74) is 2.73. The second-order valence-electron chi connectivity index (χ2n) is 7.53. The maximum Gasteiger partial charge on any atom is 0.126 e. The fraction of sp³-hybridized carbons (Fsp3) is 0.650. The zero-order chi connectivity index (χ0) is 17.9. The highest BCUT2D eigenvalue weighted by Crippen LogP contribution is 2.33. The third-order valence-corrected chi connectivity index (χ3v) is 6.50. The largest absolute Gasteiger partial charge is 0.389 e. The molecular weight excluding hydrogens is 346 g/mol. The molecule has 0 bridgehead atoms. The monoisotopic (exact) mass is 375 g/mol. The highest BCUT2D eigenvalue weighted by atomic mass is 32.1. The predicted octanol–water partition coefficient (Wildman–Crippen LogP) is 3.08. The maximum absolute atomic E-state index is 10.4. The molecule has 2 aliphatic rings. The molecule has 2 aromatic rings. The Labute approximate surface area is 159 Å². The van der Waals surface area contributed by atoms with E-state index in [1.54, 1.807) is 11.3 Å². The number of ether oxygens (including phenoxy) is 1. The van der Waals surface area contributed by atoms with Crippen molar-refractivity contribution in [3.05, 3.63) is 39.6 Å². The molecule has 1 saturated heterocycles. The fourth-order valence-corrected chi connectivity index (χ4v) is 5.00. The summed E-state index contributed by atoms with van der Waals surface area (Å²) in [7, 11) is 2.17. The molecule has 6 heteroatoms. The number of β-amino-alcohol motifs (C(OH)–C–C–N with tert-alkyl or cyclic N) is 1. The number of aliphatic hydroxyl groups is 1. The topological polar surface area (TPSA) is 50.5 Å². The van der Waals surface area contributed by atoms with Crippen molar-refractivity contribution in [2.75, 3.05) is 19.7 Å². The summed E-state index contributed by atoms with van der Waals surface area (Å²) >= 11 is 1.69. The summed E-state index contributed by atoms with van der Waals surface area (Å²) in [5.74, 6) is 1.20. The number of likely N-dealkylation sites (tertiary alicyclic amines) is 1. The first-order valence-electron chi connectivity index (χ1n) is 9.79. The van der Waals surface area contributed by atoms with E-state index in [1.165, 1.54) is 41.4 Å². The van der Waals surface area contributed by atoms with Crippen molar-refractivity contribution < 1.29 is 9.84 Å². The Morgan fingerprint density at radius 2 is 2.23 bits per heavy atom. The van der Waals surface area contributed by atoms with Gasteiger partial charge < -0.3 is 14.4 Å². The molecular formula is C20H29N3O2S. The Kier molecular flexibility index (Phi) is 5.74. The van der Waals surface area contributed by atoms with Crippen molar-refractivity contribution >= 4 is 11.3 Å². The molecule has 4 rings (SSSR count). The van der Waals surface area contributed by atoms with Crippen LogP contribution in [0.1, 0.15) is 53.8 Å². The van der Waals surface area contributed by atoms with Gasteiger partial charge in [0.25, 0.3) is 0 Å². The fourth-order valence-electron chi connectivity index (χ4n) is 4.36. The molecule has 1 aliphatic heterocycles. The standard InChI is InChI=1S/C20H29N3O2S/c1-22-18-8-3-2-7-17(18)21-20(22)19-9-4-10-23(19)12-15(24)13-25-14-16-6-5-11-26-16/h5-6,11,15,19,24H,2-4,7-10,12-14H2,1H3/t15-,19+/m0/s1. The van der Waals surface area contributed by atoms with Gasteiger partial charge in [-0.2, -0.15) is 0 Å². The normalized spacial score (nSPS) is 21.8. The van der Waals surface area contributed by atoms with Gasteiger partial charge in [-0.15, -0.1) is 11.3 Å². The third kappa shape index (κ3) is 3.88. The van der Waals surface area contributed by atoms with Crippen molar-refractivity contribution in [2.24, 2.45) is 7.05 Å². The Morgan fingerprint density at radius 1 is 1.35 bits per heavy atom. The van der Waals surface area contributed by atoms with E-state index in [1.807, 2.05) is 6.07 Å². The van der Waals surface area contributed by atoms with Crippen LogP contribution in [0.25, 0.3) is 0 Å². The van der Waals surface area contributed by atoms with Gasteiger partial charge in [0.05, 0.1) is 31.1 Å². The molecule has 0 unspecified atom stereocenters. The molecule has 2 aromatic heterocycles. The van der Waals surface area contributed by atoms with Crippen LogP contribution in [-0.2, 0) is 31.2 Å². The Hall–Kier alpha value is -1.21. The summed E-state index contributed by atoms with van der Waals surface area (Å²) in [6.45, 7) is 2.67. The smallest absolute Gasteiger partial charge is 0.126 e. The minimum atomic E-state index is -0.453. The van der Waals surface area contributed by atoms with Crippen molar-refractivity contribution in [1.29, 1.82) is 0 Å². The Balaban J connectivity index is 1.35. The minimum absolute atomic E-state index is 0.331. The van der Waals surface area contributed by atoms with E-state index in [2.05, 4.69) is 28.0 Å². The first-order chi connectivity index (χ1) is 12.7. The van der Waals surface area contributed by atoms with Crippen molar-refractivity contribution in [1.82, 2.24) is 14.5 Å². The number of fused-ring (bicyclic) bond motifs is 1. The second kappa shape index (κ2) is 8.21. The van der Waals surface area contributed by atoms with Gasteiger partial charge in [0, 0.05) is 24.2 Å². The van der Waals surface area contributed by atoms with Gasteiger partial charge in [-0.1, -0.05) is 6.07 Å². The van der Waals surface area contributed by atoms with E-state index in [-0.39, 0.29) is 0 Å². The molecule has 26 heavy (non-hydrogen) atoms. The SMILES string of the molecule is Cn1c([C@H]2CCCN2C[C@H](O)COCc2cccs2)nc2c1CCCC2. The molecule has 1 aliphatic carbocycles.